The average Bonchev–Trinajstić information content (AvgIpc) is 2.14. The van der Waals surface area contributed by atoms with E-state index >= 15 is 0 Å². The number of amides is 1. The van der Waals surface area contributed by atoms with E-state index in [2.05, 4.69) is 0 Å². The highest BCUT2D eigenvalue weighted by Gasteiger charge is 2.16. The summed E-state index contributed by atoms with van der Waals surface area (Å²) >= 11 is 11.5. The highest BCUT2D eigenvalue weighted by molar-refractivity contribution is 7.89. The van der Waals surface area contributed by atoms with Crippen LogP contribution in [0.5, 0.6) is 5.75 Å². The molecule has 9 heteroatoms. The predicted octanol–water partition coefficient (Wildman–Crippen LogP) is 0.505. The number of hydrogen-bond acceptors (Lipinski definition) is 4. The second kappa shape index (κ2) is 5.09. The van der Waals surface area contributed by atoms with Gasteiger partial charge in [-0.2, -0.15) is 0 Å². The molecule has 0 heterocycles. The van der Waals surface area contributed by atoms with E-state index in [0.29, 0.717) is 0 Å². The number of hydrogen-bond donors (Lipinski definition) is 2. The topological polar surface area (TPSA) is 112 Å². The first-order chi connectivity index (χ1) is 7.71. The Morgan fingerprint density at radius 2 is 1.76 bits per heavy atom. The summed E-state index contributed by atoms with van der Waals surface area (Å²) < 4.78 is 27.0. The Balaban J connectivity index is 3.15. The van der Waals surface area contributed by atoms with Gasteiger partial charge < -0.3 is 10.5 Å². The van der Waals surface area contributed by atoms with Gasteiger partial charge in [-0.3, -0.25) is 4.79 Å². The van der Waals surface area contributed by atoms with E-state index in [9.17, 15) is 13.2 Å². The molecule has 0 bridgehead atoms. The minimum absolute atomic E-state index is 0.0282. The van der Waals surface area contributed by atoms with Crippen LogP contribution in [0.15, 0.2) is 17.0 Å². The summed E-state index contributed by atoms with van der Waals surface area (Å²) in [6.07, 6.45) is 0. The molecule has 0 aliphatic carbocycles. The molecule has 0 radical (unpaired) electrons. The molecule has 0 spiro atoms. The second-order valence-corrected chi connectivity index (χ2v) is 5.39. The Kier molecular flexibility index (Phi) is 4.21. The number of ether oxygens (including phenoxy) is 1. The summed E-state index contributed by atoms with van der Waals surface area (Å²) in [7, 11) is -3.91. The standard InChI is InChI=1S/C8H8Cl2N2O4S/c9-5-1-4(17(12,14)15)2-6(10)8(5)16-3-7(11)13/h1-2H,3H2,(H2,11,13)(H2,12,14,15). The van der Waals surface area contributed by atoms with Gasteiger partial charge in [0.15, 0.2) is 12.4 Å². The molecule has 0 aliphatic heterocycles. The quantitative estimate of drug-likeness (QED) is 0.843. The monoisotopic (exact) mass is 298 g/mol. The van der Waals surface area contributed by atoms with Crippen molar-refractivity contribution in [2.45, 2.75) is 4.90 Å². The van der Waals surface area contributed by atoms with Gasteiger partial charge in [0.05, 0.1) is 14.9 Å². The predicted molar refractivity (Wildman–Crippen MR) is 62.5 cm³/mol. The van der Waals surface area contributed by atoms with Gasteiger partial charge in [-0.1, -0.05) is 23.2 Å². The molecule has 0 unspecified atom stereocenters. The fourth-order valence-electron chi connectivity index (χ4n) is 0.982. The number of primary amides is 1. The minimum Gasteiger partial charge on any atom is -0.481 e. The van der Waals surface area contributed by atoms with Gasteiger partial charge in [0.2, 0.25) is 10.0 Å². The molecule has 1 aromatic rings. The third-order valence-electron chi connectivity index (χ3n) is 1.66. The van der Waals surface area contributed by atoms with Gasteiger partial charge in [-0.25, -0.2) is 13.6 Å². The van der Waals surface area contributed by atoms with Crippen LogP contribution in [0, 0.1) is 0 Å². The van der Waals surface area contributed by atoms with Crippen molar-refractivity contribution in [1.29, 1.82) is 0 Å². The maximum atomic E-state index is 11.1. The molecule has 1 rings (SSSR count). The number of primary sulfonamides is 1. The minimum atomic E-state index is -3.91. The van der Waals surface area contributed by atoms with Crippen LogP contribution in [0.2, 0.25) is 10.0 Å². The second-order valence-electron chi connectivity index (χ2n) is 3.02. The molecule has 17 heavy (non-hydrogen) atoms. The van der Waals surface area contributed by atoms with Gasteiger partial charge in [0.1, 0.15) is 0 Å². The zero-order chi connectivity index (χ0) is 13.2. The van der Waals surface area contributed by atoms with Crippen molar-refractivity contribution >= 4 is 39.1 Å². The largest absolute Gasteiger partial charge is 0.481 e. The third-order valence-corrected chi connectivity index (χ3v) is 3.11. The average molecular weight is 299 g/mol. The summed E-state index contributed by atoms with van der Waals surface area (Å²) in [5.41, 5.74) is 4.87. The first-order valence-electron chi connectivity index (χ1n) is 4.14. The number of nitrogens with two attached hydrogens (primary N) is 2. The lowest BCUT2D eigenvalue weighted by Crippen LogP contribution is -2.20. The van der Waals surface area contributed by atoms with Crippen LogP contribution in [0.1, 0.15) is 0 Å². The number of sulfonamides is 1. The Labute approximate surface area is 107 Å². The molecule has 0 saturated heterocycles. The van der Waals surface area contributed by atoms with Gasteiger partial charge in [0.25, 0.3) is 5.91 Å². The third kappa shape index (κ3) is 3.74. The van der Waals surface area contributed by atoms with Crippen LogP contribution >= 0.6 is 23.2 Å². The maximum absolute atomic E-state index is 11.1. The van der Waals surface area contributed by atoms with Crippen molar-refractivity contribution in [2.24, 2.45) is 10.9 Å². The van der Waals surface area contributed by atoms with Gasteiger partial charge in [-0.05, 0) is 12.1 Å². The summed E-state index contributed by atoms with van der Waals surface area (Å²) in [6, 6.07) is 2.14. The van der Waals surface area contributed by atoms with E-state index in [-0.39, 0.29) is 20.7 Å². The van der Waals surface area contributed by atoms with Crippen molar-refractivity contribution in [3.8, 4) is 5.75 Å². The van der Waals surface area contributed by atoms with Gasteiger partial charge in [0, 0.05) is 0 Å². The van der Waals surface area contributed by atoms with E-state index < -0.39 is 22.5 Å². The number of carbonyl (C=O) groups excluding carboxylic acids is 1. The van der Waals surface area contributed by atoms with Gasteiger partial charge in [-0.15, -0.1) is 0 Å². The molecule has 94 valence electrons. The molecule has 4 N–H and O–H groups in total. The fourth-order valence-corrected chi connectivity index (χ4v) is 2.27. The Morgan fingerprint density at radius 1 is 1.29 bits per heavy atom. The van der Waals surface area contributed by atoms with Crippen LogP contribution in [0.3, 0.4) is 0 Å². The fraction of sp³-hybridized carbons (Fsp3) is 0.125. The normalized spacial score (nSPS) is 11.2. The zero-order valence-electron chi connectivity index (χ0n) is 8.31. The molecule has 0 fully saturated rings. The number of benzene rings is 1. The van der Waals surface area contributed by atoms with Crippen molar-refractivity contribution in [1.82, 2.24) is 0 Å². The number of halogens is 2. The highest BCUT2D eigenvalue weighted by Crippen LogP contribution is 2.35. The summed E-state index contributed by atoms with van der Waals surface area (Å²) in [5, 5.41) is 4.75. The van der Waals surface area contributed by atoms with Crippen molar-refractivity contribution in [2.75, 3.05) is 6.61 Å². The van der Waals surface area contributed by atoms with Crippen molar-refractivity contribution in [3.63, 3.8) is 0 Å². The van der Waals surface area contributed by atoms with E-state index in [1.165, 1.54) is 0 Å². The SMILES string of the molecule is NC(=O)COc1c(Cl)cc(S(N)(=O)=O)cc1Cl. The van der Waals surface area contributed by atoms with E-state index in [1.54, 1.807) is 0 Å². The van der Waals surface area contributed by atoms with E-state index in [0.717, 1.165) is 12.1 Å². The first-order valence-corrected chi connectivity index (χ1v) is 6.45. The summed E-state index contributed by atoms with van der Waals surface area (Å²) in [5.74, 6) is -0.743. The highest BCUT2D eigenvalue weighted by atomic mass is 35.5. The Bertz CT molecular complexity index is 536. The zero-order valence-corrected chi connectivity index (χ0v) is 10.6. The van der Waals surface area contributed by atoms with Crippen molar-refractivity contribution < 1.29 is 17.9 Å². The van der Waals surface area contributed by atoms with E-state index in [1.807, 2.05) is 0 Å². The smallest absolute Gasteiger partial charge is 0.255 e. The van der Waals surface area contributed by atoms with Crippen LogP contribution < -0.4 is 15.6 Å². The first kappa shape index (κ1) is 14.0. The van der Waals surface area contributed by atoms with Crippen LogP contribution in [0.4, 0.5) is 0 Å². The van der Waals surface area contributed by atoms with Crippen molar-refractivity contribution in [3.05, 3.63) is 22.2 Å². The van der Waals surface area contributed by atoms with Crippen LogP contribution in [-0.2, 0) is 14.8 Å². The van der Waals surface area contributed by atoms with Gasteiger partial charge >= 0.3 is 0 Å². The maximum Gasteiger partial charge on any atom is 0.255 e. The molecular weight excluding hydrogens is 291 g/mol. The lowest BCUT2D eigenvalue weighted by molar-refractivity contribution is -0.119. The molecule has 0 atom stereocenters. The lowest BCUT2D eigenvalue weighted by Gasteiger charge is -2.09. The van der Waals surface area contributed by atoms with E-state index in [4.69, 9.17) is 38.8 Å². The van der Waals surface area contributed by atoms with Crippen LogP contribution in [-0.4, -0.2) is 20.9 Å². The molecule has 1 amide bonds. The number of rotatable bonds is 4. The summed E-state index contributed by atoms with van der Waals surface area (Å²) in [6.45, 7) is -0.422. The molecule has 6 nitrogen and oxygen atoms in total. The molecular formula is C8H8Cl2N2O4S. The molecule has 0 aromatic heterocycles. The Morgan fingerprint density at radius 3 is 2.12 bits per heavy atom. The molecule has 0 aliphatic rings. The molecule has 1 aromatic carbocycles. The Hall–Kier alpha value is -1.02. The molecule has 0 saturated carbocycles. The van der Waals surface area contributed by atoms with Crippen LogP contribution in [0.25, 0.3) is 0 Å². The number of carbonyl (C=O) groups is 1. The lowest BCUT2D eigenvalue weighted by atomic mass is 10.3. The summed E-state index contributed by atoms with van der Waals surface area (Å²) in [4.78, 5) is 10.3.